The van der Waals surface area contributed by atoms with Gasteiger partial charge in [0.1, 0.15) is 11.0 Å². The molecule has 96 valence electrons. The molecular weight excluding hydrogens is 250 g/mol. The van der Waals surface area contributed by atoms with Gasteiger partial charge in [0, 0.05) is 24.5 Å². The molecule has 18 heavy (non-hydrogen) atoms. The summed E-state index contributed by atoms with van der Waals surface area (Å²) >= 11 is 1.59. The van der Waals surface area contributed by atoms with Crippen LogP contribution < -0.4 is 5.32 Å². The number of carbonyl (C=O) groups excluding carboxylic acids is 2. The van der Waals surface area contributed by atoms with Gasteiger partial charge in [0.2, 0.25) is 11.8 Å². The summed E-state index contributed by atoms with van der Waals surface area (Å²) < 4.78 is 0. The summed E-state index contributed by atoms with van der Waals surface area (Å²) in [5, 5.41) is 5.69. The van der Waals surface area contributed by atoms with Crippen LogP contribution >= 0.6 is 11.3 Å². The molecule has 1 aromatic rings. The van der Waals surface area contributed by atoms with Gasteiger partial charge in [-0.15, -0.1) is 11.3 Å². The number of hydrogen-bond acceptors (Lipinski definition) is 4. The average molecular weight is 265 g/mol. The van der Waals surface area contributed by atoms with Crippen LogP contribution in [0.4, 0.5) is 0 Å². The molecule has 0 bridgehead atoms. The van der Waals surface area contributed by atoms with Crippen LogP contribution in [-0.4, -0.2) is 34.3 Å². The van der Waals surface area contributed by atoms with Crippen molar-refractivity contribution in [3.05, 3.63) is 16.6 Å². The second-order valence-corrected chi connectivity index (χ2v) is 5.64. The molecule has 0 aromatic carbocycles. The van der Waals surface area contributed by atoms with Gasteiger partial charge in [0.05, 0.1) is 6.04 Å². The molecule has 3 rings (SSSR count). The summed E-state index contributed by atoms with van der Waals surface area (Å²) in [6, 6.07) is -0.215. The molecule has 0 spiro atoms. The summed E-state index contributed by atoms with van der Waals surface area (Å²) in [7, 11) is 0. The fourth-order valence-corrected chi connectivity index (χ4v) is 3.47. The van der Waals surface area contributed by atoms with E-state index in [0.29, 0.717) is 12.8 Å². The standard InChI is InChI=1S/C12H15N3O2S/c16-10-4-3-8(14-10)12(17)15-6-1-2-9(15)11-13-5-7-18-11/h5,7-9H,1-4,6H2,(H,14,16). The normalized spacial score (nSPS) is 27.6. The van der Waals surface area contributed by atoms with E-state index in [9.17, 15) is 9.59 Å². The van der Waals surface area contributed by atoms with Crippen molar-refractivity contribution < 1.29 is 9.59 Å². The van der Waals surface area contributed by atoms with Crippen LogP contribution in [0.5, 0.6) is 0 Å². The topological polar surface area (TPSA) is 62.3 Å². The van der Waals surface area contributed by atoms with Crippen molar-refractivity contribution in [3.8, 4) is 0 Å². The lowest BCUT2D eigenvalue weighted by atomic mass is 10.2. The van der Waals surface area contributed by atoms with Gasteiger partial charge in [-0.05, 0) is 19.3 Å². The third-order valence-corrected chi connectivity index (χ3v) is 4.44. The number of rotatable bonds is 2. The average Bonchev–Trinajstić information content (AvgIpc) is 3.08. The number of nitrogens with one attached hydrogen (secondary N) is 1. The molecule has 2 fully saturated rings. The van der Waals surface area contributed by atoms with Gasteiger partial charge in [-0.2, -0.15) is 0 Å². The lowest BCUT2D eigenvalue weighted by Gasteiger charge is -2.25. The molecule has 0 saturated carbocycles. The zero-order chi connectivity index (χ0) is 12.5. The van der Waals surface area contributed by atoms with E-state index >= 15 is 0 Å². The minimum Gasteiger partial charge on any atom is -0.344 e. The molecule has 2 atom stereocenters. The quantitative estimate of drug-likeness (QED) is 0.870. The minimum atomic E-state index is -0.321. The first-order valence-electron chi connectivity index (χ1n) is 6.25. The predicted molar refractivity (Wildman–Crippen MR) is 67.0 cm³/mol. The van der Waals surface area contributed by atoms with Gasteiger partial charge in [0.25, 0.3) is 0 Å². The van der Waals surface area contributed by atoms with Crippen LogP contribution in [0.15, 0.2) is 11.6 Å². The number of hydrogen-bond donors (Lipinski definition) is 1. The van der Waals surface area contributed by atoms with Crippen LogP contribution in [0.2, 0.25) is 0 Å². The summed E-state index contributed by atoms with van der Waals surface area (Å²) in [5.74, 6) is 0.0388. The maximum Gasteiger partial charge on any atom is 0.245 e. The molecule has 2 amide bonds. The molecular formula is C12H15N3O2S. The SMILES string of the molecule is O=C1CCC(C(=O)N2CCCC2c2nccs2)N1. The molecule has 0 aliphatic carbocycles. The molecule has 5 nitrogen and oxygen atoms in total. The first-order chi connectivity index (χ1) is 8.75. The lowest BCUT2D eigenvalue weighted by molar-refractivity contribution is -0.135. The summed E-state index contributed by atoms with van der Waals surface area (Å²) in [6.45, 7) is 0.773. The molecule has 2 aliphatic heterocycles. The van der Waals surface area contributed by atoms with Gasteiger partial charge >= 0.3 is 0 Å². The fourth-order valence-electron chi connectivity index (χ4n) is 2.69. The van der Waals surface area contributed by atoms with Gasteiger partial charge in [-0.25, -0.2) is 4.98 Å². The maximum absolute atomic E-state index is 12.4. The smallest absolute Gasteiger partial charge is 0.245 e. The van der Waals surface area contributed by atoms with Crippen LogP contribution in [0, 0.1) is 0 Å². The Kier molecular flexibility index (Phi) is 3.03. The Hall–Kier alpha value is -1.43. The zero-order valence-corrected chi connectivity index (χ0v) is 10.8. The molecule has 6 heteroatoms. The van der Waals surface area contributed by atoms with E-state index in [1.165, 1.54) is 0 Å². The molecule has 2 aliphatic rings. The highest BCUT2D eigenvalue weighted by Gasteiger charge is 2.37. The van der Waals surface area contributed by atoms with E-state index in [4.69, 9.17) is 0 Å². The lowest BCUT2D eigenvalue weighted by Crippen LogP contribution is -2.44. The first-order valence-corrected chi connectivity index (χ1v) is 7.13. The summed E-state index contributed by atoms with van der Waals surface area (Å²) in [6.07, 6.45) is 4.85. The Morgan fingerprint density at radius 3 is 3.06 bits per heavy atom. The Balaban J connectivity index is 1.75. The van der Waals surface area contributed by atoms with E-state index in [2.05, 4.69) is 10.3 Å². The number of amides is 2. The largest absolute Gasteiger partial charge is 0.344 e. The van der Waals surface area contributed by atoms with Crippen molar-refractivity contribution in [3.63, 3.8) is 0 Å². The van der Waals surface area contributed by atoms with E-state index in [0.717, 1.165) is 24.4 Å². The van der Waals surface area contributed by atoms with E-state index in [-0.39, 0.29) is 23.9 Å². The van der Waals surface area contributed by atoms with Crippen molar-refractivity contribution in [2.75, 3.05) is 6.54 Å². The predicted octanol–water partition coefficient (Wildman–Crippen LogP) is 1.09. The van der Waals surface area contributed by atoms with Crippen LogP contribution in [-0.2, 0) is 9.59 Å². The number of aromatic nitrogens is 1. The van der Waals surface area contributed by atoms with Crippen molar-refractivity contribution >= 4 is 23.2 Å². The molecule has 3 heterocycles. The monoisotopic (exact) mass is 265 g/mol. The summed E-state index contributed by atoms with van der Waals surface area (Å²) in [4.78, 5) is 29.8. The van der Waals surface area contributed by atoms with Crippen molar-refractivity contribution in [2.24, 2.45) is 0 Å². The van der Waals surface area contributed by atoms with E-state index in [1.807, 2.05) is 10.3 Å². The Bertz CT molecular complexity index is 460. The third-order valence-electron chi connectivity index (χ3n) is 3.57. The number of thiazole rings is 1. The number of nitrogens with zero attached hydrogens (tertiary/aromatic N) is 2. The van der Waals surface area contributed by atoms with Crippen LogP contribution in [0.1, 0.15) is 36.7 Å². The third kappa shape index (κ3) is 2.01. The fraction of sp³-hybridized carbons (Fsp3) is 0.583. The van der Waals surface area contributed by atoms with Crippen LogP contribution in [0.3, 0.4) is 0 Å². The Morgan fingerprint density at radius 2 is 2.39 bits per heavy atom. The van der Waals surface area contributed by atoms with Crippen molar-refractivity contribution in [1.29, 1.82) is 0 Å². The highest BCUT2D eigenvalue weighted by molar-refractivity contribution is 7.09. The molecule has 1 N–H and O–H groups in total. The molecule has 2 saturated heterocycles. The number of carbonyl (C=O) groups is 2. The molecule has 2 unspecified atom stereocenters. The Morgan fingerprint density at radius 1 is 1.50 bits per heavy atom. The highest BCUT2D eigenvalue weighted by Crippen LogP contribution is 2.33. The van der Waals surface area contributed by atoms with Gasteiger partial charge < -0.3 is 10.2 Å². The minimum absolute atomic E-state index is 0.0154. The first kappa shape index (κ1) is 11.6. The maximum atomic E-state index is 12.4. The second kappa shape index (κ2) is 4.68. The Labute approximate surface area is 109 Å². The molecule has 1 aromatic heterocycles. The summed E-state index contributed by atoms with van der Waals surface area (Å²) in [5.41, 5.74) is 0. The van der Waals surface area contributed by atoms with Crippen LogP contribution in [0.25, 0.3) is 0 Å². The van der Waals surface area contributed by atoms with Gasteiger partial charge in [-0.3, -0.25) is 9.59 Å². The number of likely N-dealkylation sites (tertiary alicyclic amines) is 1. The zero-order valence-electron chi connectivity index (χ0n) is 9.96. The second-order valence-electron chi connectivity index (χ2n) is 4.72. The van der Waals surface area contributed by atoms with E-state index < -0.39 is 0 Å². The van der Waals surface area contributed by atoms with Gasteiger partial charge in [0.15, 0.2) is 0 Å². The highest BCUT2D eigenvalue weighted by atomic mass is 32.1. The molecule has 0 radical (unpaired) electrons. The van der Waals surface area contributed by atoms with Crippen molar-refractivity contribution in [1.82, 2.24) is 15.2 Å². The van der Waals surface area contributed by atoms with Gasteiger partial charge in [-0.1, -0.05) is 0 Å². The van der Waals surface area contributed by atoms with Crippen molar-refractivity contribution in [2.45, 2.75) is 37.8 Å². The van der Waals surface area contributed by atoms with E-state index in [1.54, 1.807) is 17.5 Å².